The Morgan fingerprint density at radius 2 is 2.17 bits per heavy atom. The van der Waals surface area contributed by atoms with E-state index in [1.165, 1.54) is 11.3 Å². The molecule has 1 aromatic carbocycles. The lowest BCUT2D eigenvalue weighted by Gasteiger charge is -2.24. The van der Waals surface area contributed by atoms with E-state index in [0.29, 0.717) is 0 Å². The summed E-state index contributed by atoms with van der Waals surface area (Å²) in [7, 11) is 1.61. The molecule has 0 aliphatic rings. The van der Waals surface area contributed by atoms with Crippen LogP contribution in [0.3, 0.4) is 0 Å². The SMILES string of the molecule is COc1ccc(C)cc1C(C)NC(=O)NCC(C)(O)c1cccs1. The predicted molar refractivity (Wildman–Crippen MR) is 96.6 cm³/mol. The van der Waals surface area contributed by atoms with E-state index in [9.17, 15) is 9.90 Å². The average Bonchev–Trinajstić information content (AvgIpc) is 3.08. The molecule has 2 rings (SSSR count). The number of hydrogen-bond acceptors (Lipinski definition) is 4. The van der Waals surface area contributed by atoms with Gasteiger partial charge in [-0.05, 0) is 38.3 Å². The number of nitrogens with one attached hydrogen (secondary N) is 2. The lowest BCUT2D eigenvalue weighted by atomic mass is 10.0. The fourth-order valence-corrected chi connectivity index (χ4v) is 3.23. The molecule has 1 aromatic heterocycles. The Hall–Kier alpha value is -2.05. The van der Waals surface area contributed by atoms with Crippen molar-refractivity contribution in [3.63, 3.8) is 0 Å². The van der Waals surface area contributed by atoms with Gasteiger partial charge in [0.2, 0.25) is 0 Å². The van der Waals surface area contributed by atoms with Gasteiger partial charge < -0.3 is 20.5 Å². The summed E-state index contributed by atoms with van der Waals surface area (Å²) in [5, 5.41) is 17.9. The van der Waals surface area contributed by atoms with Gasteiger partial charge in [0.15, 0.2) is 0 Å². The first-order chi connectivity index (χ1) is 11.3. The average molecular weight is 348 g/mol. The molecule has 0 spiro atoms. The van der Waals surface area contributed by atoms with Crippen molar-refractivity contribution in [3.8, 4) is 5.75 Å². The summed E-state index contributed by atoms with van der Waals surface area (Å²) >= 11 is 1.46. The number of methoxy groups -OCH3 is 1. The Morgan fingerprint density at radius 1 is 1.42 bits per heavy atom. The van der Waals surface area contributed by atoms with E-state index in [2.05, 4.69) is 10.6 Å². The standard InChI is InChI=1S/C18H24N2O3S/c1-12-7-8-15(23-4)14(10-12)13(2)20-17(21)19-11-18(3,22)16-6-5-9-24-16/h5-10,13,22H,11H2,1-4H3,(H2,19,20,21). The van der Waals surface area contributed by atoms with Crippen molar-refractivity contribution < 1.29 is 14.6 Å². The molecule has 2 atom stereocenters. The zero-order chi connectivity index (χ0) is 17.7. The Kier molecular flexibility index (Phi) is 5.85. The highest BCUT2D eigenvalue weighted by Gasteiger charge is 2.25. The van der Waals surface area contributed by atoms with Crippen molar-refractivity contribution in [2.24, 2.45) is 0 Å². The highest BCUT2D eigenvalue weighted by Crippen LogP contribution is 2.26. The molecule has 2 aromatic rings. The molecule has 24 heavy (non-hydrogen) atoms. The molecule has 1 heterocycles. The summed E-state index contributed by atoms with van der Waals surface area (Å²) in [6, 6.07) is 9.03. The highest BCUT2D eigenvalue weighted by atomic mass is 32.1. The number of hydrogen-bond donors (Lipinski definition) is 3. The monoisotopic (exact) mass is 348 g/mol. The number of rotatable bonds is 6. The Morgan fingerprint density at radius 3 is 2.79 bits per heavy atom. The molecular formula is C18H24N2O3S. The third kappa shape index (κ3) is 4.49. The van der Waals surface area contributed by atoms with Gasteiger partial charge in [0.1, 0.15) is 11.4 Å². The highest BCUT2D eigenvalue weighted by molar-refractivity contribution is 7.10. The number of urea groups is 1. The first kappa shape index (κ1) is 18.3. The molecule has 0 aliphatic carbocycles. The van der Waals surface area contributed by atoms with Gasteiger partial charge in [0.25, 0.3) is 0 Å². The minimum absolute atomic E-state index is 0.136. The number of carbonyl (C=O) groups is 1. The molecule has 0 aliphatic heterocycles. The van der Waals surface area contributed by atoms with E-state index in [0.717, 1.165) is 21.8 Å². The van der Waals surface area contributed by atoms with Crippen molar-refractivity contribution in [3.05, 3.63) is 51.7 Å². The molecular weight excluding hydrogens is 324 g/mol. The third-order valence-electron chi connectivity index (χ3n) is 3.84. The van der Waals surface area contributed by atoms with E-state index in [1.54, 1.807) is 14.0 Å². The Bertz CT molecular complexity index is 684. The van der Waals surface area contributed by atoms with Gasteiger partial charge in [-0.2, -0.15) is 0 Å². The number of aryl methyl sites for hydroxylation is 1. The zero-order valence-electron chi connectivity index (χ0n) is 14.4. The number of ether oxygens (including phenoxy) is 1. The summed E-state index contributed by atoms with van der Waals surface area (Å²) in [5.74, 6) is 0.735. The molecule has 0 bridgehead atoms. The second kappa shape index (κ2) is 7.68. The van der Waals surface area contributed by atoms with Crippen LogP contribution >= 0.6 is 11.3 Å². The molecule has 2 unspecified atom stereocenters. The van der Waals surface area contributed by atoms with Crippen molar-refractivity contribution in [2.75, 3.05) is 13.7 Å². The van der Waals surface area contributed by atoms with E-state index in [4.69, 9.17) is 4.74 Å². The van der Waals surface area contributed by atoms with Crippen molar-refractivity contribution in [1.82, 2.24) is 10.6 Å². The number of aliphatic hydroxyl groups is 1. The fourth-order valence-electron chi connectivity index (χ4n) is 2.44. The van der Waals surface area contributed by atoms with E-state index < -0.39 is 5.60 Å². The summed E-state index contributed by atoms with van der Waals surface area (Å²) < 4.78 is 5.36. The smallest absolute Gasteiger partial charge is 0.315 e. The maximum Gasteiger partial charge on any atom is 0.315 e. The topological polar surface area (TPSA) is 70.6 Å². The lowest BCUT2D eigenvalue weighted by Crippen LogP contribution is -2.43. The van der Waals surface area contributed by atoms with Gasteiger partial charge in [0.05, 0.1) is 19.7 Å². The lowest BCUT2D eigenvalue weighted by molar-refractivity contribution is 0.0630. The van der Waals surface area contributed by atoms with Crippen LogP contribution in [0.1, 0.15) is 35.9 Å². The van der Waals surface area contributed by atoms with Crippen LogP contribution in [0, 0.1) is 6.92 Å². The summed E-state index contributed by atoms with van der Waals surface area (Å²) in [4.78, 5) is 13.0. The van der Waals surface area contributed by atoms with Crippen LogP contribution in [0.2, 0.25) is 0 Å². The molecule has 3 N–H and O–H groups in total. The molecule has 2 amide bonds. The largest absolute Gasteiger partial charge is 0.496 e. The Labute approximate surface area is 146 Å². The maximum absolute atomic E-state index is 12.2. The molecule has 5 nitrogen and oxygen atoms in total. The summed E-state index contributed by atoms with van der Waals surface area (Å²) in [6.45, 7) is 5.71. The van der Waals surface area contributed by atoms with Gasteiger partial charge in [-0.1, -0.05) is 23.8 Å². The van der Waals surface area contributed by atoms with E-state index in [-0.39, 0.29) is 18.6 Å². The fraction of sp³-hybridized carbons (Fsp3) is 0.389. The van der Waals surface area contributed by atoms with Crippen LogP contribution in [0.15, 0.2) is 35.7 Å². The second-order valence-corrected chi connectivity index (χ2v) is 6.99. The number of benzene rings is 1. The van der Waals surface area contributed by atoms with Gasteiger partial charge in [-0.3, -0.25) is 0 Å². The van der Waals surface area contributed by atoms with E-state index >= 15 is 0 Å². The van der Waals surface area contributed by atoms with Crippen LogP contribution in [0.4, 0.5) is 4.79 Å². The molecule has 0 radical (unpaired) electrons. The predicted octanol–water partition coefficient (Wildman–Crippen LogP) is 3.33. The van der Waals surface area contributed by atoms with Gasteiger partial charge >= 0.3 is 6.03 Å². The Balaban J connectivity index is 1.96. The van der Waals surface area contributed by atoms with E-state index in [1.807, 2.05) is 49.6 Å². The summed E-state index contributed by atoms with van der Waals surface area (Å²) in [6.07, 6.45) is 0. The number of amides is 2. The first-order valence-corrected chi connectivity index (χ1v) is 8.66. The normalized spacial score (nSPS) is 14.5. The molecule has 0 fully saturated rings. The minimum Gasteiger partial charge on any atom is -0.496 e. The van der Waals surface area contributed by atoms with Crippen molar-refractivity contribution in [1.29, 1.82) is 0 Å². The van der Waals surface area contributed by atoms with Crippen LogP contribution < -0.4 is 15.4 Å². The zero-order valence-corrected chi connectivity index (χ0v) is 15.2. The van der Waals surface area contributed by atoms with Gasteiger partial charge in [0, 0.05) is 10.4 Å². The quantitative estimate of drug-likeness (QED) is 0.750. The maximum atomic E-state index is 12.2. The van der Waals surface area contributed by atoms with Gasteiger partial charge in [-0.15, -0.1) is 11.3 Å². The van der Waals surface area contributed by atoms with Crippen molar-refractivity contribution >= 4 is 17.4 Å². The first-order valence-electron chi connectivity index (χ1n) is 7.79. The summed E-state index contributed by atoms with van der Waals surface area (Å²) in [5.41, 5.74) is 0.925. The number of carbonyl (C=O) groups excluding carboxylic acids is 1. The molecule has 130 valence electrons. The van der Waals surface area contributed by atoms with Crippen LogP contribution in [-0.2, 0) is 5.60 Å². The minimum atomic E-state index is -1.09. The molecule has 0 saturated heterocycles. The number of thiophene rings is 1. The van der Waals surface area contributed by atoms with Crippen molar-refractivity contribution in [2.45, 2.75) is 32.4 Å². The third-order valence-corrected chi connectivity index (χ3v) is 4.97. The second-order valence-electron chi connectivity index (χ2n) is 6.05. The van der Waals surface area contributed by atoms with Crippen LogP contribution in [-0.4, -0.2) is 24.8 Å². The van der Waals surface area contributed by atoms with Gasteiger partial charge in [-0.25, -0.2) is 4.79 Å². The molecule has 0 saturated carbocycles. The van der Waals surface area contributed by atoms with Crippen LogP contribution in [0.5, 0.6) is 5.75 Å². The van der Waals surface area contributed by atoms with Crippen LogP contribution in [0.25, 0.3) is 0 Å². The molecule has 6 heteroatoms.